The summed E-state index contributed by atoms with van der Waals surface area (Å²) in [6.45, 7) is 0.166. The van der Waals surface area contributed by atoms with E-state index in [1.165, 1.54) is 16.6 Å². The van der Waals surface area contributed by atoms with Gasteiger partial charge in [-0.2, -0.15) is 0 Å². The average Bonchev–Trinajstić information content (AvgIpc) is 3.47. The number of thiophene rings is 1. The SMILES string of the molecule is O=C(CSc1nc2sc3c(c2c(=O)n1-c1ccccc1)CCCC3)c1ccc2c(c1)OCO2. The van der Waals surface area contributed by atoms with Crippen LogP contribution in [-0.2, 0) is 12.8 Å². The number of hydrogen-bond acceptors (Lipinski definition) is 7. The third kappa shape index (κ3) is 3.63. The molecule has 0 atom stereocenters. The highest BCUT2D eigenvalue weighted by molar-refractivity contribution is 7.99. The van der Waals surface area contributed by atoms with Gasteiger partial charge in [0.15, 0.2) is 22.4 Å². The maximum Gasteiger partial charge on any atom is 0.267 e. The fourth-order valence-electron chi connectivity index (χ4n) is 4.37. The molecule has 2 aliphatic rings. The molecule has 8 heteroatoms. The molecule has 0 N–H and O–H groups in total. The molecule has 0 saturated carbocycles. The lowest BCUT2D eigenvalue weighted by atomic mass is 9.97. The van der Waals surface area contributed by atoms with E-state index in [1.807, 2.05) is 30.3 Å². The Kier molecular flexibility index (Phi) is 5.19. The Labute approximate surface area is 198 Å². The van der Waals surface area contributed by atoms with Crippen molar-refractivity contribution in [3.05, 3.63) is 74.9 Å². The molecule has 4 aromatic rings. The molecule has 0 amide bonds. The van der Waals surface area contributed by atoms with Gasteiger partial charge < -0.3 is 9.47 Å². The van der Waals surface area contributed by atoms with Gasteiger partial charge in [-0.1, -0.05) is 30.0 Å². The number of carbonyl (C=O) groups is 1. The quantitative estimate of drug-likeness (QED) is 0.229. The molecule has 2 aromatic heterocycles. The Hall–Kier alpha value is -3.10. The summed E-state index contributed by atoms with van der Waals surface area (Å²) in [7, 11) is 0. The molecule has 0 spiro atoms. The fourth-order valence-corrected chi connectivity index (χ4v) is 6.58. The molecule has 0 saturated heterocycles. The second-order valence-electron chi connectivity index (χ2n) is 8.04. The van der Waals surface area contributed by atoms with Gasteiger partial charge in [-0.25, -0.2) is 4.98 Å². The number of aryl methyl sites for hydroxylation is 2. The van der Waals surface area contributed by atoms with Crippen LogP contribution in [0.5, 0.6) is 11.5 Å². The normalized spacial score (nSPS) is 14.4. The molecule has 0 radical (unpaired) electrons. The molecule has 1 aliphatic heterocycles. The van der Waals surface area contributed by atoms with Gasteiger partial charge in [-0.05, 0) is 61.6 Å². The topological polar surface area (TPSA) is 70.4 Å². The molecular formula is C25H20N2O4S2. The third-order valence-corrected chi connectivity index (χ3v) is 8.12. The van der Waals surface area contributed by atoms with Crippen LogP contribution < -0.4 is 15.0 Å². The number of hydrogen-bond donors (Lipinski definition) is 0. The summed E-state index contributed by atoms with van der Waals surface area (Å²) < 4.78 is 12.4. The molecule has 3 heterocycles. The predicted octanol–water partition coefficient (Wildman–Crippen LogP) is 5.03. The van der Waals surface area contributed by atoms with Crippen molar-refractivity contribution in [3.8, 4) is 17.2 Å². The molecular weight excluding hydrogens is 456 g/mol. The van der Waals surface area contributed by atoms with Crippen molar-refractivity contribution in [2.24, 2.45) is 0 Å². The van der Waals surface area contributed by atoms with Crippen molar-refractivity contribution in [3.63, 3.8) is 0 Å². The lowest BCUT2D eigenvalue weighted by Gasteiger charge is -2.13. The Morgan fingerprint density at radius 2 is 1.88 bits per heavy atom. The summed E-state index contributed by atoms with van der Waals surface area (Å²) in [5, 5.41) is 1.27. The largest absolute Gasteiger partial charge is 0.454 e. The highest BCUT2D eigenvalue weighted by atomic mass is 32.2. The zero-order chi connectivity index (χ0) is 22.4. The number of aromatic nitrogens is 2. The minimum Gasteiger partial charge on any atom is -0.454 e. The Morgan fingerprint density at radius 3 is 2.76 bits per heavy atom. The summed E-state index contributed by atoms with van der Waals surface area (Å²) in [4.78, 5) is 33.6. The van der Waals surface area contributed by atoms with E-state index in [9.17, 15) is 9.59 Å². The van der Waals surface area contributed by atoms with Gasteiger partial charge in [0.1, 0.15) is 4.83 Å². The van der Waals surface area contributed by atoms with Gasteiger partial charge in [-0.3, -0.25) is 14.2 Å². The van der Waals surface area contributed by atoms with Crippen molar-refractivity contribution in [2.45, 2.75) is 30.8 Å². The van der Waals surface area contributed by atoms with E-state index in [2.05, 4.69) is 0 Å². The summed E-state index contributed by atoms with van der Waals surface area (Å²) >= 11 is 2.91. The third-order valence-electron chi connectivity index (χ3n) is 6.00. The van der Waals surface area contributed by atoms with Gasteiger partial charge in [0.25, 0.3) is 5.56 Å². The standard InChI is InChI=1S/C25H20N2O4S2/c28-18(15-10-11-19-20(12-15)31-14-30-19)13-32-25-26-23-22(17-8-4-5-9-21(17)33-23)24(29)27(25)16-6-2-1-3-7-16/h1-3,6-7,10-12H,4-5,8-9,13-14H2. The zero-order valence-corrected chi connectivity index (χ0v) is 19.3. The number of ketones is 1. The smallest absolute Gasteiger partial charge is 0.267 e. The lowest BCUT2D eigenvalue weighted by Crippen LogP contribution is -2.22. The summed E-state index contributed by atoms with van der Waals surface area (Å²) in [5.41, 5.74) is 2.42. The average molecular weight is 477 g/mol. The number of nitrogens with zero attached hydrogens (tertiary/aromatic N) is 2. The van der Waals surface area contributed by atoms with E-state index in [1.54, 1.807) is 34.1 Å². The second-order valence-corrected chi connectivity index (χ2v) is 10.1. The molecule has 6 rings (SSSR count). The van der Waals surface area contributed by atoms with Crippen LogP contribution in [-0.4, -0.2) is 27.9 Å². The summed E-state index contributed by atoms with van der Waals surface area (Å²) in [6.07, 6.45) is 4.19. The van der Waals surface area contributed by atoms with Gasteiger partial charge in [0, 0.05) is 10.4 Å². The van der Waals surface area contributed by atoms with Crippen molar-refractivity contribution in [1.82, 2.24) is 9.55 Å². The van der Waals surface area contributed by atoms with Crippen molar-refractivity contribution >= 4 is 39.1 Å². The number of benzene rings is 2. The molecule has 166 valence electrons. The highest BCUT2D eigenvalue weighted by Crippen LogP contribution is 2.36. The van der Waals surface area contributed by atoms with Gasteiger partial charge in [0.05, 0.1) is 16.8 Å². The molecule has 0 unspecified atom stereocenters. The van der Waals surface area contributed by atoms with Gasteiger partial charge in [0.2, 0.25) is 6.79 Å². The van der Waals surface area contributed by atoms with Gasteiger partial charge in [-0.15, -0.1) is 11.3 Å². The van der Waals surface area contributed by atoms with Gasteiger partial charge >= 0.3 is 0 Å². The van der Waals surface area contributed by atoms with Crippen molar-refractivity contribution < 1.29 is 14.3 Å². The Morgan fingerprint density at radius 1 is 1.06 bits per heavy atom. The minimum atomic E-state index is -0.0577. The van der Waals surface area contributed by atoms with Crippen LogP contribution in [0.4, 0.5) is 0 Å². The number of ether oxygens (including phenoxy) is 2. The van der Waals surface area contributed by atoms with Crippen LogP contribution in [0, 0.1) is 0 Å². The van der Waals surface area contributed by atoms with Crippen LogP contribution in [0.3, 0.4) is 0 Å². The maximum atomic E-state index is 13.7. The van der Waals surface area contributed by atoms with E-state index < -0.39 is 0 Å². The lowest BCUT2D eigenvalue weighted by molar-refractivity contribution is 0.102. The number of rotatable bonds is 5. The maximum absolute atomic E-state index is 13.7. The first-order valence-electron chi connectivity index (χ1n) is 10.9. The summed E-state index contributed by atoms with van der Waals surface area (Å²) in [5.74, 6) is 1.33. The first-order valence-corrected chi connectivity index (χ1v) is 12.7. The fraction of sp³-hybridized carbons (Fsp3) is 0.240. The second kappa shape index (κ2) is 8.35. The minimum absolute atomic E-state index is 0.0522. The van der Waals surface area contributed by atoms with Crippen LogP contribution in [0.1, 0.15) is 33.6 Å². The molecule has 6 nitrogen and oxygen atoms in total. The predicted molar refractivity (Wildman–Crippen MR) is 129 cm³/mol. The van der Waals surface area contributed by atoms with E-state index in [0.717, 1.165) is 47.2 Å². The Balaban J connectivity index is 1.39. The summed E-state index contributed by atoms with van der Waals surface area (Å²) in [6, 6.07) is 14.7. The monoisotopic (exact) mass is 476 g/mol. The number of thioether (sulfide) groups is 1. The highest BCUT2D eigenvalue weighted by Gasteiger charge is 2.23. The number of para-hydroxylation sites is 1. The van der Waals surface area contributed by atoms with Crippen molar-refractivity contribution in [1.29, 1.82) is 0 Å². The van der Waals surface area contributed by atoms with E-state index in [-0.39, 0.29) is 23.9 Å². The van der Waals surface area contributed by atoms with E-state index in [0.29, 0.717) is 22.2 Å². The number of fused-ring (bicyclic) bond motifs is 4. The van der Waals surface area contributed by atoms with Crippen molar-refractivity contribution in [2.75, 3.05) is 12.5 Å². The Bertz CT molecular complexity index is 1440. The number of Topliss-reactive ketones (excluding diaryl/α,β-unsaturated/α-hetero) is 1. The molecule has 2 aromatic carbocycles. The van der Waals surface area contributed by atoms with Crippen LogP contribution in [0.2, 0.25) is 0 Å². The van der Waals surface area contributed by atoms with Crippen LogP contribution in [0.25, 0.3) is 15.9 Å². The zero-order valence-electron chi connectivity index (χ0n) is 17.7. The first-order chi connectivity index (χ1) is 16.2. The molecule has 33 heavy (non-hydrogen) atoms. The molecule has 0 bridgehead atoms. The van der Waals surface area contributed by atoms with Crippen LogP contribution >= 0.6 is 23.1 Å². The molecule has 0 fully saturated rings. The number of carbonyl (C=O) groups excluding carboxylic acids is 1. The first kappa shape index (κ1) is 20.5. The van der Waals surface area contributed by atoms with E-state index in [4.69, 9.17) is 14.5 Å². The molecule has 1 aliphatic carbocycles. The van der Waals surface area contributed by atoms with Crippen LogP contribution in [0.15, 0.2) is 58.5 Å². The van der Waals surface area contributed by atoms with E-state index >= 15 is 0 Å².